The third-order valence-corrected chi connectivity index (χ3v) is 5.57. The second kappa shape index (κ2) is 6.99. The molecule has 0 aliphatic heterocycles. The molecule has 0 unspecified atom stereocenters. The zero-order valence-corrected chi connectivity index (χ0v) is 16.6. The second-order valence-electron chi connectivity index (χ2n) is 7.57. The van der Waals surface area contributed by atoms with Crippen molar-refractivity contribution >= 4 is 32.7 Å². The highest BCUT2D eigenvalue weighted by atomic mass is 14.8. The minimum Gasteiger partial charge on any atom is -0.251 e. The van der Waals surface area contributed by atoms with Gasteiger partial charge in [-0.25, -0.2) is 9.97 Å². The molecular formula is C28H19N3. The smallest absolute Gasteiger partial charge is 0.0972 e. The summed E-state index contributed by atoms with van der Waals surface area (Å²) in [6.45, 7) is -2.27. The van der Waals surface area contributed by atoms with Crippen molar-refractivity contribution in [1.82, 2.24) is 15.0 Å². The maximum atomic E-state index is 7.73. The van der Waals surface area contributed by atoms with E-state index in [1.807, 2.05) is 66.7 Å². The molecule has 3 heterocycles. The molecule has 0 aliphatic carbocycles. The summed E-state index contributed by atoms with van der Waals surface area (Å²) in [6, 6.07) is 31.6. The molecule has 0 atom stereocenters. The van der Waals surface area contributed by atoms with Crippen LogP contribution in [-0.2, 0) is 0 Å². The van der Waals surface area contributed by atoms with Crippen LogP contribution in [0, 0.1) is 6.85 Å². The highest BCUT2D eigenvalue weighted by Crippen LogP contribution is 2.29. The van der Waals surface area contributed by atoms with Gasteiger partial charge in [-0.1, -0.05) is 66.7 Å². The molecule has 0 N–H and O–H groups in total. The quantitative estimate of drug-likeness (QED) is 0.295. The predicted molar refractivity (Wildman–Crippen MR) is 128 cm³/mol. The Labute approximate surface area is 184 Å². The van der Waals surface area contributed by atoms with Gasteiger partial charge < -0.3 is 0 Å². The molecule has 0 saturated heterocycles. The van der Waals surface area contributed by atoms with E-state index < -0.39 is 6.85 Å². The van der Waals surface area contributed by atoms with Gasteiger partial charge in [0.25, 0.3) is 0 Å². The summed E-state index contributed by atoms with van der Waals surface area (Å²) in [5.74, 6) is 0. The third kappa shape index (κ3) is 3.11. The number of benzene rings is 3. The van der Waals surface area contributed by atoms with Crippen LogP contribution in [0.3, 0.4) is 0 Å². The fraction of sp³-hybridized carbons (Fsp3) is 0.0357. The Morgan fingerprint density at radius 2 is 1.19 bits per heavy atom. The Hall–Kier alpha value is -4.11. The van der Waals surface area contributed by atoms with E-state index in [9.17, 15) is 0 Å². The molecule has 0 bridgehead atoms. The molecule has 3 aromatic carbocycles. The summed E-state index contributed by atoms with van der Waals surface area (Å²) in [6.07, 6.45) is 0. The van der Waals surface area contributed by atoms with Crippen LogP contribution >= 0.6 is 0 Å². The van der Waals surface area contributed by atoms with Gasteiger partial charge in [0.15, 0.2) is 0 Å². The fourth-order valence-electron chi connectivity index (χ4n) is 3.99. The van der Waals surface area contributed by atoms with Crippen molar-refractivity contribution in [3.8, 4) is 22.5 Å². The molecule has 3 heteroatoms. The number of nitrogens with zero attached hydrogens (tertiary/aromatic N) is 3. The Balaban J connectivity index is 1.49. The van der Waals surface area contributed by atoms with E-state index >= 15 is 0 Å². The van der Waals surface area contributed by atoms with Gasteiger partial charge in [0, 0.05) is 37.1 Å². The van der Waals surface area contributed by atoms with Crippen LogP contribution in [0.1, 0.15) is 9.81 Å². The first-order chi connectivity index (χ1) is 16.5. The standard InChI is InChI=1S/C28H19N3/c1-18-9-10-20-11-12-21-14-16-26(31-28(21)27(20)29-18)23-7-4-6-22(17-23)25-15-13-19-5-2-3-8-24(19)30-25/h2-17H,1H3/i1D3. The van der Waals surface area contributed by atoms with Crippen LogP contribution in [0.2, 0.25) is 0 Å². The molecule has 0 radical (unpaired) electrons. The molecule has 3 aromatic heterocycles. The Morgan fingerprint density at radius 1 is 0.548 bits per heavy atom. The van der Waals surface area contributed by atoms with Crippen LogP contribution in [0.15, 0.2) is 97.1 Å². The van der Waals surface area contributed by atoms with Gasteiger partial charge >= 0.3 is 0 Å². The lowest BCUT2D eigenvalue weighted by molar-refractivity contribution is 1.25. The van der Waals surface area contributed by atoms with Crippen molar-refractivity contribution < 1.29 is 4.11 Å². The molecule has 0 amide bonds. The van der Waals surface area contributed by atoms with Gasteiger partial charge in [0.1, 0.15) is 0 Å². The van der Waals surface area contributed by atoms with Gasteiger partial charge in [-0.05, 0) is 37.2 Å². The molecule has 6 aromatic rings. The predicted octanol–water partition coefficient (Wildman–Crippen LogP) is 6.97. The van der Waals surface area contributed by atoms with Gasteiger partial charge in [0.05, 0.1) is 27.9 Å². The number of para-hydroxylation sites is 1. The topological polar surface area (TPSA) is 38.7 Å². The van der Waals surface area contributed by atoms with Crippen LogP contribution in [0.25, 0.3) is 55.2 Å². The average molecular weight is 400 g/mol. The number of pyridine rings is 3. The summed E-state index contributed by atoms with van der Waals surface area (Å²) in [7, 11) is 0. The highest BCUT2D eigenvalue weighted by molar-refractivity contribution is 6.03. The largest absolute Gasteiger partial charge is 0.251 e. The molecule has 3 nitrogen and oxygen atoms in total. The fourth-order valence-corrected chi connectivity index (χ4v) is 3.99. The normalized spacial score (nSPS) is 13.2. The summed E-state index contributed by atoms with van der Waals surface area (Å²) in [5.41, 5.74) is 5.97. The number of fused-ring (bicyclic) bond motifs is 4. The Morgan fingerprint density at radius 3 is 2.00 bits per heavy atom. The van der Waals surface area contributed by atoms with Crippen molar-refractivity contribution in [2.24, 2.45) is 0 Å². The number of rotatable bonds is 2. The number of aromatic nitrogens is 3. The van der Waals surface area contributed by atoms with Gasteiger partial charge in [0.2, 0.25) is 0 Å². The maximum absolute atomic E-state index is 7.73. The third-order valence-electron chi connectivity index (χ3n) is 5.57. The Bertz CT molecular complexity index is 1710. The lowest BCUT2D eigenvalue weighted by atomic mass is 10.0. The van der Waals surface area contributed by atoms with E-state index in [1.54, 1.807) is 12.1 Å². The SMILES string of the molecule is [2H]C([2H])([2H])c1ccc2ccc3ccc(-c4cccc(-c5ccc6ccccc6n5)c4)nc3c2n1. The van der Waals surface area contributed by atoms with Crippen LogP contribution < -0.4 is 0 Å². The molecule has 31 heavy (non-hydrogen) atoms. The van der Waals surface area contributed by atoms with E-state index in [-0.39, 0.29) is 5.69 Å². The zero-order chi connectivity index (χ0) is 23.3. The minimum absolute atomic E-state index is 0.0732. The molecule has 146 valence electrons. The van der Waals surface area contributed by atoms with Crippen molar-refractivity contribution in [2.45, 2.75) is 6.85 Å². The first-order valence-corrected chi connectivity index (χ1v) is 10.1. The lowest BCUT2D eigenvalue weighted by Gasteiger charge is -2.09. The van der Waals surface area contributed by atoms with Crippen molar-refractivity contribution in [3.63, 3.8) is 0 Å². The van der Waals surface area contributed by atoms with Crippen LogP contribution in [0.4, 0.5) is 0 Å². The molecule has 0 aliphatic rings. The maximum Gasteiger partial charge on any atom is 0.0972 e. The number of hydrogen-bond donors (Lipinski definition) is 0. The lowest BCUT2D eigenvalue weighted by Crippen LogP contribution is -1.91. The first kappa shape index (κ1) is 14.8. The van der Waals surface area contributed by atoms with E-state index in [0.717, 1.165) is 44.2 Å². The summed E-state index contributed by atoms with van der Waals surface area (Å²) < 4.78 is 23.2. The van der Waals surface area contributed by atoms with E-state index in [0.29, 0.717) is 11.0 Å². The van der Waals surface area contributed by atoms with Crippen molar-refractivity contribution in [2.75, 3.05) is 0 Å². The van der Waals surface area contributed by atoms with Gasteiger partial charge in [-0.3, -0.25) is 4.98 Å². The molecular weight excluding hydrogens is 378 g/mol. The van der Waals surface area contributed by atoms with E-state index in [4.69, 9.17) is 14.1 Å². The van der Waals surface area contributed by atoms with E-state index in [2.05, 4.69) is 23.2 Å². The first-order valence-electron chi connectivity index (χ1n) is 11.6. The van der Waals surface area contributed by atoms with Gasteiger partial charge in [-0.15, -0.1) is 0 Å². The van der Waals surface area contributed by atoms with Gasteiger partial charge in [-0.2, -0.15) is 0 Å². The minimum atomic E-state index is -2.27. The highest BCUT2D eigenvalue weighted by Gasteiger charge is 2.09. The molecule has 0 fully saturated rings. The van der Waals surface area contributed by atoms with E-state index in [1.165, 1.54) is 0 Å². The van der Waals surface area contributed by atoms with Crippen molar-refractivity contribution in [3.05, 3.63) is 103 Å². The molecule has 6 rings (SSSR count). The molecule has 0 spiro atoms. The number of aryl methyl sites for hydroxylation is 1. The molecule has 0 saturated carbocycles. The zero-order valence-electron chi connectivity index (χ0n) is 19.6. The van der Waals surface area contributed by atoms with Crippen molar-refractivity contribution in [1.29, 1.82) is 0 Å². The van der Waals surface area contributed by atoms with Crippen LogP contribution in [0.5, 0.6) is 0 Å². The number of hydrogen-bond acceptors (Lipinski definition) is 3. The summed E-state index contributed by atoms with van der Waals surface area (Å²) >= 11 is 0. The summed E-state index contributed by atoms with van der Waals surface area (Å²) in [4.78, 5) is 14.2. The summed E-state index contributed by atoms with van der Waals surface area (Å²) in [5, 5.41) is 2.88. The second-order valence-corrected chi connectivity index (χ2v) is 7.57. The Kier molecular flexibility index (Phi) is 3.34. The monoisotopic (exact) mass is 400 g/mol. The average Bonchev–Trinajstić information content (AvgIpc) is 2.87. The van der Waals surface area contributed by atoms with Crippen LogP contribution in [-0.4, -0.2) is 15.0 Å².